The molecule has 2 atom stereocenters. The van der Waals surface area contributed by atoms with Gasteiger partial charge in [0.1, 0.15) is 0 Å². The van der Waals surface area contributed by atoms with Gasteiger partial charge in [0.05, 0.1) is 17.9 Å². The second-order valence-corrected chi connectivity index (χ2v) is 6.96. The maximum atomic E-state index is 5.81. The fourth-order valence-electron chi connectivity index (χ4n) is 2.64. The van der Waals surface area contributed by atoms with Gasteiger partial charge in [0.15, 0.2) is 5.13 Å². The van der Waals surface area contributed by atoms with Crippen molar-refractivity contribution in [2.45, 2.75) is 59.3 Å². The number of nitrogens with one attached hydrogen (secondary N) is 1. The van der Waals surface area contributed by atoms with E-state index in [-0.39, 0.29) is 12.2 Å². The lowest BCUT2D eigenvalue weighted by molar-refractivity contribution is -0.00523. The average Bonchev–Trinajstić information content (AvgIpc) is 2.79. The molecule has 1 aliphatic heterocycles. The van der Waals surface area contributed by atoms with Crippen LogP contribution in [0.2, 0.25) is 0 Å². The number of morpholine rings is 1. The van der Waals surface area contributed by atoms with E-state index < -0.39 is 0 Å². The highest BCUT2D eigenvalue weighted by Gasteiger charge is 2.25. The molecule has 0 aromatic carbocycles. The highest BCUT2D eigenvalue weighted by atomic mass is 32.1. The smallest absolute Gasteiger partial charge is 0.186 e. The summed E-state index contributed by atoms with van der Waals surface area (Å²) in [6.07, 6.45) is 0.560. The van der Waals surface area contributed by atoms with Gasteiger partial charge in [0.2, 0.25) is 0 Å². The Labute approximate surface area is 126 Å². The molecule has 4 nitrogen and oxygen atoms in total. The second kappa shape index (κ2) is 6.87. The fraction of sp³-hybridized carbons (Fsp3) is 0.800. The van der Waals surface area contributed by atoms with Gasteiger partial charge in [0, 0.05) is 24.5 Å². The first kappa shape index (κ1) is 15.7. The summed E-state index contributed by atoms with van der Waals surface area (Å²) in [5, 5.41) is 4.58. The predicted molar refractivity (Wildman–Crippen MR) is 85.8 cm³/mol. The second-order valence-electron chi connectivity index (χ2n) is 5.90. The minimum absolute atomic E-state index is 0.280. The minimum atomic E-state index is 0.280. The largest absolute Gasteiger partial charge is 0.372 e. The summed E-state index contributed by atoms with van der Waals surface area (Å²) < 4.78 is 5.81. The highest BCUT2D eigenvalue weighted by molar-refractivity contribution is 7.15. The molecule has 0 amide bonds. The predicted octanol–water partition coefficient (Wildman–Crippen LogP) is 2.99. The lowest BCUT2D eigenvalue weighted by Gasteiger charge is -2.35. The van der Waals surface area contributed by atoms with Crippen molar-refractivity contribution in [3.63, 3.8) is 0 Å². The standard InChI is InChI=1S/C15H27N3OS/c1-6-16-7-13-14(10(2)3)17-15(20-13)18-8-11(4)19-12(5)9-18/h10-12,16H,6-9H2,1-5H3/t11-,12+. The van der Waals surface area contributed by atoms with Crippen LogP contribution in [-0.2, 0) is 11.3 Å². The molecule has 0 saturated carbocycles. The van der Waals surface area contributed by atoms with Crippen LogP contribution >= 0.6 is 11.3 Å². The van der Waals surface area contributed by atoms with Crippen molar-refractivity contribution in [1.29, 1.82) is 0 Å². The first-order valence-electron chi connectivity index (χ1n) is 7.62. The number of hydrogen-bond acceptors (Lipinski definition) is 5. The van der Waals surface area contributed by atoms with Gasteiger partial charge in [0.25, 0.3) is 0 Å². The van der Waals surface area contributed by atoms with E-state index in [9.17, 15) is 0 Å². The Morgan fingerprint density at radius 2 is 2.00 bits per heavy atom. The van der Waals surface area contributed by atoms with Crippen molar-refractivity contribution in [1.82, 2.24) is 10.3 Å². The maximum Gasteiger partial charge on any atom is 0.186 e. The van der Waals surface area contributed by atoms with Crippen LogP contribution in [0.25, 0.3) is 0 Å². The molecule has 1 aromatic heterocycles. The number of thiazole rings is 1. The van der Waals surface area contributed by atoms with Gasteiger partial charge in [-0.05, 0) is 26.3 Å². The molecule has 5 heteroatoms. The van der Waals surface area contributed by atoms with Crippen molar-refractivity contribution >= 4 is 16.5 Å². The average molecular weight is 297 g/mol. The fourth-order valence-corrected chi connectivity index (χ4v) is 3.84. The van der Waals surface area contributed by atoms with Crippen LogP contribution in [-0.4, -0.2) is 36.8 Å². The third-order valence-electron chi connectivity index (χ3n) is 3.49. The van der Waals surface area contributed by atoms with E-state index in [1.807, 2.05) is 11.3 Å². The van der Waals surface area contributed by atoms with E-state index >= 15 is 0 Å². The molecule has 0 bridgehead atoms. The third-order valence-corrected chi connectivity index (χ3v) is 4.62. The number of ether oxygens (including phenoxy) is 1. The Kier molecular flexibility index (Phi) is 5.41. The maximum absolute atomic E-state index is 5.81. The van der Waals surface area contributed by atoms with Crippen molar-refractivity contribution in [3.05, 3.63) is 10.6 Å². The van der Waals surface area contributed by atoms with Gasteiger partial charge in [-0.25, -0.2) is 4.98 Å². The van der Waals surface area contributed by atoms with Gasteiger partial charge in [-0.1, -0.05) is 20.8 Å². The Morgan fingerprint density at radius 3 is 2.55 bits per heavy atom. The van der Waals surface area contributed by atoms with Gasteiger partial charge in [-0.2, -0.15) is 0 Å². The number of nitrogens with zero attached hydrogens (tertiary/aromatic N) is 2. The van der Waals surface area contributed by atoms with Crippen LogP contribution in [0.15, 0.2) is 0 Å². The molecule has 114 valence electrons. The minimum Gasteiger partial charge on any atom is -0.372 e. The Hall–Kier alpha value is -0.650. The Morgan fingerprint density at radius 1 is 1.35 bits per heavy atom. The first-order valence-corrected chi connectivity index (χ1v) is 8.43. The zero-order valence-corrected chi connectivity index (χ0v) is 14.1. The van der Waals surface area contributed by atoms with Gasteiger partial charge >= 0.3 is 0 Å². The van der Waals surface area contributed by atoms with Crippen LogP contribution in [0, 0.1) is 0 Å². The summed E-state index contributed by atoms with van der Waals surface area (Å²) in [7, 11) is 0. The SMILES string of the molecule is CCNCc1sc(N2C[C@@H](C)O[C@@H](C)C2)nc1C(C)C. The van der Waals surface area contributed by atoms with E-state index in [4.69, 9.17) is 9.72 Å². The molecule has 0 spiro atoms. The summed E-state index contributed by atoms with van der Waals surface area (Å²) in [6.45, 7) is 14.7. The van der Waals surface area contributed by atoms with Crippen LogP contribution in [0.5, 0.6) is 0 Å². The number of anilines is 1. The van der Waals surface area contributed by atoms with Crippen molar-refractivity contribution in [3.8, 4) is 0 Å². The van der Waals surface area contributed by atoms with Crippen LogP contribution in [0.4, 0.5) is 5.13 Å². The molecular weight excluding hydrogens is 270 g/mol. The van der Waals surface area contributed by atoms with Crippen LogP contribution < -0.4 is 10.2 Å². The molecular formula is C15H27N3OS. The molecule has 0 radical (unpaired) electrons. The van der Waals surface area contributed by atoms with Crippen molar-refractivity contribution in [2.24, 2.45) is 0 Å². The van der Waals surface area contributed by atoms with Gasteiger partial charge in [-0.3, -0.25) is 0 Å². The summed E-state index contributed by atoms with van der Waals surface area (Å²) >= 11 is 1.84. The number of hydrogen-bond donors (Lipinski definition) is 1. The van der Waals surface area contributed by atoms with E-state index in [0.717, 1.165) is 31.3 Å². The third kappa shape index (κ3) is 3.71. The van der Waals surface area contributed by atoms with Crippen molar-refractivity contribution in [2.75, 3.05) is 24.5 Å². The van der Waals surface area contributed by atoms with E-state index in [0.29, 0.717) is 5.92 Å². The lowest BCUT2D eigenvalue weighted by atomic mass is 10.1. The molecule has 2 rings (SSSR count). The molecule has 0 aliphatic carbocycles. The normalized spacial score (nSPS) is 23.6. The van der Waals surface area contributed by atoms with Gasteiger partial charge < -0.3 is 15.0 Å². The number of rotatable bonds is 5. The molecule has 20 heavy (non-hydrogen) atoms. The zero-order chi connectivity index (χ0) is 14.7. The van der Waals surface area contributed by atoms with E-state index in [1.165, 1.54) is 10.6 Å². The molecule has 2 heterocycles. The molecule has 1 N–H and O–H groups in total. The summed E-state index contributed by atoms with van der Waals surface area (Å²) in [6, 6.07) is 0. The number of aromatic nitrogens is 1. The quantitative estimate of drug-likeness (QED) is 0.906. The zero-order valence-electron chi connectivity index (χ0n) is 13.3. The van der Waals surface area contributed by atoms with Crippen LogP contribution in [0.1, 0.15) is 51.1 Å². The molecule has 1 saturated heterocycles. The van der Waals surface area contributed by atoms with E-state index in [2.05, 4.69) is 44.8 Å². The van der Waals surface area contributed by atoms with Gasteiger partial charge in [-0.15, -0.1) is 11.3 Å². The van der Waals surface area contributed by atoms with E-state index in [1.54, 1.807) is 0 Å². The summed E-state index contributed by atoms with van der Waals surface area (Å²) in [4.78, 5) is 8.66. The summed E-state index contributed by atoms with van der Waals surface area (Å²) in [5.41, 5.74) is 1.25. The molecule has 1 aromatic rings. The Bertz CT molecular complexity index is 423. The lowest BCUT2D eigenvalue weighted by Crippen LogP contribution is -2.45. The molecule has 0 unspecified atom stereocenters. The topological polar surface area (TPSA) is 37.4 Å². The first-order chi connectivity index (χ1) is 9.51. The van der Waals surface area contributed by atoms with Crippen molar-refractivity contribution < 1.29 is 4.74 Å². The monoisotopic (exact) mass is 297 g/mol. The highest BCUT2D eigenvalue weighted by Crippen LogP contribution is 2.32. The molecule has 1 aliphatic rings. The molecule has 1 fully saturated rings. The Balaban J connectivity index is 2.18. The van der Waals surface area contributed by atoms with Crippen LogP contribution in [0.3, 0.4) is 0 Å². The summed E-state index contributed by atoms with van der Waals surface area (Å²) in [5.74, 6) is 0.476.